The normalized spacial score (nSPS) is 11.1. The first-order chi connectivity index (χ1) is 7.71. The zero-order valence-electron chi connectivity index (χ0n) is 7.92. The highest BCUT2D eigenvalue weighted by atomic mass is 35.5. The van der Waals surface area contributed by atoms with Gasteiger partial charge in [-0.2, -0.15) is 13.2 Å². The lowest BCUT2D eigenvalue weighted by Gasteiger charge is -2.07. The second kappa shape index (κ2) is 4.58. The van der Waals surface area contributed by atoms with Gasteiger partial charge in [0.05, 0.1) is 4.92 Å². The molecule has 1 amide bonds. The van der Waals surface area contributed by atoms with Crippen molar-refractivity contribution in [1.82, 2.24) is 0 Å². The number of nitrogens with zero attached hydrogens (tertiary/aromatic N) is 1. The maximum atomic E-state index is 11.9. The van der Waals surface area contributed by atoms with E-state index in [4.69, 9.17) is 11.6 Å². The van der Waals surface area contributed by atoms with Crippen molar-refractivity contribution < 1.29 is 22.9 Å². The third-order valence-electron chi connectivity index (χ3n) is 1.66. The SMILES string of the molecule is O=C(Nc1ccc(Cl)c([N+](=O)[O-])c1)C(F)(F)F. The van der Waals surface area contributed by atoms with Crippen molar-refractivity contribution in [2.24, 2.45) is 0 Å². The number of nitrogens with one attached hydrogen (secondary N) is 1. The van der Waals surface area contributed by atoms with Crippen molar-refractivity contribution in [3.63, 3.8) is 0 Å². The van der Waals surface area contributed by atoms with E-state index in [1.807, 2.05) is 0 Å². The summed E-state index contributed by atoms with van der Waals surface area (Å²) in [6, 6.07) is 2.79. The van der Waals surface area contributed by atoms with Gasteiger partial charge in [0.2, 0.25) is 0 Å². The number of hydrogen-bond acceptors (Lipinski definition) is 3. The molecule has 92 valence electrons. The molecule has 0 aromatic heterocycles. The van der Waals surface area contributed by atoms with E-state index in [1.54, 1.807) is 0 Å². The molecule has 0 aliphatic rings. The van der Waals surface area contributed by atoms with Gasteiger partial charge in [-0.05, 0) is 12.1 Å². The van der Waals surface area contributed by atoms with E-state index in [9.17, 15) is 28.1 Å². The van der Waals surface area contributed by atoms with E-state index in [-0.39, 0.29) is 10.7 Å². The van der Waals surface area contributed by atoms with Crippen LogP contribution in [0.1, 0.15) is 0 Å². The van der Waals surface area contributed by atoms with Gasteiger partial charge in [-0.15, -0.1) is 0 Å². The smallest absolute Gasteiger partial charge is 0.318 e. The number of hydrogen-bond donors (Lipinski definition) is 1. The zero-order chi connectivity index (χ0) is 13.2. The van der Waals surface area contributed by atoms with Crippen LogP contribution in [0.2, 0.25) is 5.02 Å². The quantitative estimate of drug-likeness (QED) is 0.662. The monoisotopic (exact) mass is 268 g/mol. The summed E-state index contributed by atoms with van der Waals surface area (Å²) < 4.78 is 35.7. The largest absolute Gasteiger partial charge is 0.471 e. The number of alkyl halides is 3. The first kappa shape index (κ1) is 13.2. The van der Waals surface area contributed by atoms with Gasteiger partial charge in [-0.3, -0.25) is 14.9 Å². The van der Waals surface area contributed by atoms with Gasteiger partial charge >= 0.3 is 12.1 Å². The van der Waals surface area contributed by atoms with E-state index < -0.39 is 22.7 Å². The minimum absolute atomic E-state index is 0.236. The maximum Gasteiger partial charge on any atom is 0.471 e. The molecule has 1 rings (SSSR count). The second-order valence-corrected chi connectivity index (χ2v) is 3.28. The third-order valence-corrected chi connectivity index (χ3v) is 1.98. The molecule has 0 aliphatic carbocycles. The molecule has 1 N–H and O–H groups in total. The minimum atomic E-state index is -5.06. The van der Waals surface area contributed by atoms with E-state index >= 15 is 0 Å². The second-order valence-electron chi connectivity index (χ2n) is 2.88. The predicted octanol–water partition coefficient (Wildman–Crippen LogP) is 2.75. The molecule has 17 heavy (non-hydrogen) atoms. The highest BCUT2D eigenvalue weighted by Gasteiger charge is 2.38. The lowest BCUT2D eigenvalue weighted by Crippen LogP contribution is -2.29. The van der Waals surface area contributed by atoms with Crippen molar-refractivity contribution in [3.8, 4) is 0 Å². The average Bonchev–Trinajstić information content (AvgIpc) is 2.19. The van der Waals surface area contributed by atoms with Gasteiger partial charge in [-0.1, -0.05) is 11.6 Å². The summed E-state index contributed by atoms with van der Waals surface area (Å²) >= 11 is 5.44. The Labute approximate surface area is 97.3 Å². The number of carbonyl (C=O) groups is 1. The molecule has 0 bridgehead atoms. The van der Waals surface area contributed by atoms with E-state index in [2.05, 4.69) is 0 Å². The molecule has 0 atom stereocenters. The molecule has 0 aliphatic heterocycles. The number of anilines is 1. The fourth-order valence-corrected chi connectivity index (χ4v) is 1.12. The summed E-state index contributed by atoms with van der Waals surface area (Å²) in [5.41, 5.74) is -0.949. The predicted molar refractivity (Wildman–Crippen MR) is 52.8 cm³/mol. The van der Waals surface area contributed by atoms with Gasteiger partial charge in [0.1, 0.15) is 5.02 Å². The molecule has 0 heterocycles. The number of nitro benzene ring substituents is 1. The number of amides is 1. The molecule has 5 nitrogen and oxygen atoms in total. The fraction of sp³-hybridized carbons (Fsp3) is 0.125. The van der Waals surface area contributed by atoms with Crippen LogP contribution in [0.4, 0.5) is 24.5 Å². The van der Waals surface area contributed by atoms with Crippen LogP contribution < -0.4 is 5.32 Å². The molecule has 1 aromatic rings. The van der Waals surface area contributed by atoms with Gasteiger partial charge in [0, 0.05) is 11.8 Å². The number of rotatable bonds is 2. The number of halogens is 4. The highest BCUT2D eigenvalue weighted by molar-refractivity contribution is 6.32. The van der Waals surface area contributed by atoms with E-state index in [0.29, 0.717) is 0 Å². The molecular weight excluding hydrogens is 265 g/mol. The van der Waals surface area contributed by atoms with Crippen molar-refractivity contribution >= 4 is 28.9 Å². The van der Waals surface area contributed by atoms with Crippen LogP contribution >= 0.6 is 11.6 Å². The minimum Gasteiger partial charge on any atom is -0.318 e. The van der Waals surface area contributed by atoms with Crippen LogP contribution in [0, 0.1) is 10.1 Å². The summed E-state index contributed by atoms with van der Waals surface area (Å²) in [6.07, 6.45) is -5.06. The Morgan fingerprint density at radius 1 is 1.41 bits per heavy atom. The number of benzene rings is 1. The molecule has 1 aromatic carbocycles. The van der Waals surface area contributed by atoms with Crippen LogP contribution in [-0.2, 0) is 4.79 Å². The Bertz CT molecular complexity index is 476. The van der Waals surface area contributed by atoms with Gasteiger partial charge in [0.15, 0.2) is 0 Å². The van der Waals surface area contributed by atoms with Gasteiger partial charge in [0.25, 0.3) is 5.69 Å². The van der Waals surface area contributed by atoms with Crippen LogP contribution in [0.15, 0.2) is 18.2 Å². The van der Waals surface area contributed by atoms with E-state index in [1.165, 1.54) is 5.32 Å². The Hall–Kier alpha value is -1.83. The van der Waals surface area contributed by atoms with Crippen LogP contribution in [0.25, 0.3) is 0 Å². The third kappa shape index (κ3) is 3.31. The van der Waals surface area contributed by atoms with Crippen molar-refractivity contribution in [3.05, 3.63) is 33.3 Å². The lowest BCUT2D eigenvalue weighted by atomic mass is 10.3. The summed E-state index contributed by atoms with van der Waals surface area (Å²) in [5.74, 6) is -2.21. The molecule has 0 unspecified atom stereocenters. The first-order valence-corrected chi connectivity index (χ1v) is 4.41. The van der Waals surface area contributed by atoms with Gasteiger partial charge in [-0.25, -0.2) is 0 Å². The molecule has 0 saturated heterocycles. The summed E-state index contributed by atoms with van der Waals surface area (Å²) in [5, 5.41) is 11.7. The van der Waals surface area contributed by atoms with Crippen LogP contribution in [0.3, 0.4) is 0 Å². The molecule has 9 heteroatoms. The Balaban J connectivity index is 2.98. The average molecular weight is 269 g/mol. The van der Waals surface area contributed by atoms with Crippen molar-refractivity contribution in [2.75, 3.05) is 5.32 Å². The Morgan fingerprint density at radius 2 is 2.00 bits per heavy atom. The standard InChI is InChI=1S/C8H4ClF3N2O3/c9-5-2-1-4(3-6(5)14(16)17)13-7(15)8(10,11)12/h1-3H,(H,13,15). The first-order valence-electron chi connectivity index (χ1n) is 4.04. The molecule has 0 fully saturated rings. The van der Waals surface area contributed by atoms with Crippen LogP contribution in [-0.4, -0.2) is 17.0 Å². The Morgan fingerprint density at radius 3 is 2.47 bits per heavy atom. The van der Waals surface area contributed by atoms with Crippen molar-refractivity contribution in [1.29, 1.82) is 0 Å². The molecule has 0 saturated carbocycles. The topological polar surface area (TPSA) is 72.2 Å². The summed E-state index contributed by atoms with van der Waals surface area (Å²) in [6.45, 7) is 0. The molecule has 0 radical (unpaired) electrons. The number of carbonyl (C=O) groups excluding carboxylic acids is 1. The lowest BCUT2D eigenvalue weighted by molar-refractivity contribution is -0.384. The number of nitro groups is 1. The molecule has 0 spiro atoms. The zero-order valence-corrected chi connectivity index (χ0v) is 8.67. The van der Waals surface area contributed by atoms with E-state index in [0.717, 1.165) is 18.2 Å². The molecular formula is C8H4ClF3N2O3. The summed E-state index contributed by atoms with van der Waals surface area (Å²) in [7, 11) is 0. The summed E-state index contributed by atoms with van der Waals surface area (Å²) in [4.78, 5) is 20.1. The highest BCUT2D eigenvalue weighted by Crippen LogP contribution is 2.28. The van der Waals surface area contributed by atoms with Crippen LogP contribution in [0.5, 0.6) is 0 Å². The maximum absolute atomic E-state index is 11.9. The fourth-order valence-electron chi connectivity index (χ4n) is 0.932. The Kier molecular flexibility index (Phi) is 3.56. The van der Waals surface area contributed by atoms with Crippen molar-refractivity contribution in [2.45, 2.75) is 6.18 Å². The van der Waals surface area contributed by atoms with Gasteiger partial charge < -0.3 is 5.32 Å².